The average Bonchev–Trinajstić information content (AvgIpc) is 2.79. The lowest BCUT2D eigenvalue weighted by Crippen LogP contribution is -2.10. The zero-order chi connectivity index (χ0) is 22.5. The number of nitrogens with one attached hydrogen (secondary N) is 1. The zero-order valence-electron chi connectivity index (χ0n) is 17.8. The molecule has 0 aliphatic carbocycles. The van der Waals surface area contributed by atoms with Gasteiger partial charge in [0.2, 0.25) is 5.91 Å². The fraction of sp³-hybridized carbons (Fsp3) is 0.0741. The number of benzene rings is 4. The molecule has 0 unspecified atom stereocenters. The van der Waals surface area contributed by atoms with Crippen LogP contribution in [-0.4, -0.2) is 18.1 Å². The number of amides is 1. The molecule has 1 amide bonds. The first kappa shape index (κ1) is 21.0. The van der Waals surface area contributed by atoms with E-state index in [2.05, 4.69) is 10.3 Å². The molecule has 0 aliphatic rings. The molecule has 0 saturated carbocycles. The van der Waals surface area contributed by atoms with Crippen molar-refractivity contribution in [3.05, 3.63) is 102 Å². The fourth-order valence-electron chi connectivity index (χ4n) is 3.32. The Balaban J connectivity index is 1.67. The normalized spacial score (nSPS) is 10.9. The molecule has 4 rings (SSSR count). The number of esters is 1. The molecule has 0 fully saturated rings. The monoisotopic (exact) mass is 422 g/mol. The van der Waals surface area contributed by atoms with Crippen molar-refractivity contribution in [3.8, 4) is 5.75 Å². The van der Waals surface area contributed by atoms with Gasteiger partial charge in [0.15, 0.2) is 0 Å². The van der Waals surface area contributed by atoms with Crippen molar-refractivity contribution in [1.82, 2.24) is 0 Å². The molecule has 5 heteroatoms. The van der Waals surface area contributed by atoms with Gasteiger partial charge in [-0.05, 0) is 60.2 Å². The van der Waals surface area contributed by atoms with Crippen LogP contribution >= 0.6 is 0 Å². The summed E-state index contributed by atoms with van der Waals surface area (Å²) in [5, 5.41) is 4.68. The molecule has 0 aliphatic heterocycles. The van der Waals surface area contributed by atoms with Gasteiger partial charge in [-0.25, -0.2) is 4.79 Å². The van der Waals surface area contributed by atoms with Gasteiger partial charge in [-0.2, -0.15) is 0 Å². The van der Waals surface area contributed by atoms with E-state index in [0.29, 0.717) is 22.7 Å². The van der Waals surface area contributed by atoms with E-state index in [1.807, 2.05) is 61.5 Å². The van der Waals surface area contributed by atoms with Crippen LogP contribution in [0.3, 0.4) is 0 Å². The van der Waals surface area contributed by atoms with E-state index >= 15 is 0 Å². The number of hydrogen-bond acceptors (Lipinski definition) is 4. The topological polar surface area (TPSA) is 67.8 Å². The van der Waals surface area contributed by atoms with Gasteiger partial charge < -0.3 is 10.1 Å². The third kappa shape index (κ3) is 4.90. The highest BCUT2D eigenvalue weighted by atomic mass is 16.5. The first-order chi connectivity index (χ1) is 15.5. The van der Waals surface area contributed by atoms with Gasteiger partial charge in [-0.3, -0.25) is 9.79 Å². The summed E-state index contributed by atoms with van der Waals surface area (Å²) in [7, 11) is 0. The minimum Gasteiger partial charge on any atom is -0.422 e. The number of aliphatic imine (C=N–C) groups is 1. The average molecular weight is 422 g/mol. The van der Waals surface area contributed by atoms with Crippen LogP contribution in [0.2, 0.25) is 0 Å². The van der Waals surface area contributed by atoms with Crippen LogP contribution in [0.5, 0.6) is 5.75 Å². The molecule has 158 valence electrons. The molecule has 1 N–H and O–H groups in total. The molecule has 0 radical (unpaired) electrons. The number of nitrogens with zero attached hydrogens (tertiary/aromatic N) is 1. The Morgan fingerprint density at radius 1 is 0.875 bits per heavy atom. The van der Waals surface area contributed by atoms with E-state index in [1.165, 1.54) is 6.92 Å². The molecule has 0 saturated heterocycles. The van der Waals surface area contributed by atoms with Crippen LogP contribution in [0, 0.1) is 6.92 Å². The second-order valence-electron chi connectivity index (χ2n) is 7.44. The maximum atomic E-state index is 12.7. The van der Waals surface area contributed by atoms with Crippen molar-refractivity contribution in [2.45, 2.75) is 13.8 Å². The van der Waals surface area contributed by atoms with Gasteiger partial charge >= 0.3 is 5.97 Å². The number of anilines is 1. The molecule has 0 heterocycles. The molecule has 0 bridgehead atoms. The molecule has 5 nitrogen and oxygen atoms in total. The number of carbonyl (C=O) groups is 2. The Morgan fingerprint density at radius 3 is 2.31 bits per heavy atom. The molecule has 0 aromatic heterocycles. The summed E-state index contributed by atoms with van der Waals surface area (Å²) in [5.41, 5.74) is 3.69. The van der Waals surface area contributed by atoms with E-state index in [-0.39, 0.29) is 5.91 Å². The third-order valence-corrected chi connectivity index (χ3v) is 4.95. The first-order valence-corrected chi connectivity index (χ1v) is 10.2. The Labute approximate surface area is 186 Å². The lowest BCUT2D eigenvalue weighted by molar-refractivity contribution is -0.114. The predicted molar refractivity (Wildman–Crippen MR) is 128 cm³/mol. The summed E-state index contributed by atoms with van der Waals surface area (Å²) in [6.45, 7) is 3.43. The summed E-state index contributed by atoms with van der Waals surface area (Å²) >= 11 is 0. The highest BCUT2D eigenvalue weighted by Crippen LogP contribution is 2.28. The number of fused-ring (bicyclic) bond motifs is 1. The predicted octanol–water partition coefficient (Wildman–Crippen LogP) is 6.08. The summed E-state index contributed by atoms with van der Waals surface area (Å²) in [4.78, 5) is 28.5. The van der Waals surface area contributed by atoms with Crippen molar-refractivity contribution in [2.75, 3.05) is 5.32 Å². The second-order valence-corrected chi connectivity index (χ2v) is 7.44. The Morgan fingerprint density at radius 2 is 1.59 bits per heavy atom. The molecule has 0 spiro atoms. The lowest BCUT2D eigenvalue weighted by Gasteiger charge is -2.11. The number of rotatable bonds is 5. The van der Waals surface area contributed by atoms with Crippen LogP contribution in [0.15, 0.2) is 89.9 Å². The third-order valence-electron chi connectivity index (χ3n) is 4.95. The van der Waals surface area contributed by atoms with Crippen LogP contribution in [0.1, 0.15) is 28.4 Å². The summed E-state index contributed by atoms with van der Waals surface area (Å²) in [6, 6.07) is 26.0. The fourth-order valence-corrected chi connectivity index (χ4v) is 3.32. The quantitative estimate of drug-likeness (QED) is 0.241. The Hall–Kier alpha value is -4.25. The van der Waals surface area contributed by atoms with Crippen molar-refractivity contribution in [2.24, 2.45) is 4.99 Å². The van der Waals surface area contributed by atoms with Gasteiger partial charge in [0.05, 0.1) is 11.3 Å². The van der Waals surface area contributed by atoms with E-state index < -0.39 is 5.97 Å². The van der Waals surface area contributed by atoms with Gasteiger partial charge in [0.25, 0.3) is 0 Å². The standard InChI is InChI=1S/C27H22N2O3/c1-18-7-9-21(10-8-18)27(31)32-26-16-11-20-5-3-4-6-24(20)25(26)17-28-22-12-14-23(15-13-22)29-19(2)30/h3-17H,1-2H3,(H,29,30). The molecule has 4 aromatic rings. The van der Waals surface area contributed by atoms with Crippen molar-refractivity contribution < 1.29 is 14.3 Å². The Bertz CT molecular complexity index is 1310. The molecular weight excluding hydrogens is 400 g/mol. The van der Waals surface area contributed by atoms with Crippen LogP contribution in [0.25, 0.3) is 10.8 Å². The zero-order valence-corrected chi connectivity index (χ0v) is 17.8. The van der Waals surface area contributed by atoms with Gasteiger partial charge in [0, 0.05) is 24.4 Å². The van der Waals surface area contributed by atoms with E-state index in [1.54, 1.807) is 36.5 Å². The summed E-state index contributed by atoms with van der Waals surface area (Å²) in [5.74, 6) is -0.112. The Kier molecular flexibility index (Phi) is 6.08. The van der Waals surface area contributed by atoms with E-state index in [9.17, 15) is 9.59 Å². The van der Waals surface area contributed by atoms with Crippen LogP contribution < -0.4 is 10.1 Å². The number of aryl methyl sites for hydroxylation is 1. The maximum absolute atomic E-state index is 12.7. The summed E-state index contributed by atoms with van der Waals surface area (Å²) < 4.78 is 5.75. The smallest absolute Gasteiger partial charge is 0.343 e. The van der Waals surface area contributed by atoms with Crippen LogP contribution in [0.4, 0.5) is 11.4 Å². The molecular formula is C27H22N2O3. The minimum absolute atomic E-state index is 0.128. The highest BCUT2D eigenvalue weighted by Gasteiger charge is 2.13. The molecule has 4 aromatic carbocycles. The van der Waals surface area contributed by atoms with Gasteiger partial charge in [0.1, 0.15) is 5.75 Å². The molecule has 0 atom stereocenters. The largest absolute Gasteiger partial charge is 0.422 e. The molecule has 32 heavy (non-hydrogen) atoms. The number of ether oxygens (including phenoxy) is 1. The van der Waals surface area contributed by atoms with Crippen molar-refractivity contribution in [3.63, 3.8) is 0 Å². The van der Waals surface area contributed by atoms with Gasteiger partial charge in [-0.1, -0.05) is 48.0 Å². The summed E-state index contributed by atoms with van der Waals surface area (Å²) in [6.07, 6.45) is 1.70. The maximum Gasteiger partial charge on any atom is 0.343 e. The minimum atomic E-state index is -0.422. The van der Waals surface area contributed by atoms with Crippen molar-refractivity contribution in [1.29, 1.82) is 0 Å². The lowest BCUT2D eigenvalue weighted by atomic mass is 10.0. The van der Waals surface area contributed by atoms with Gasteiger partial charge in [-0.15, -0.1) is 0 Å². The van der Waals surface area contributed by atoms with E-state index in [0.717, 1.165) is 21.9 Å². The number of carbonyl (C=O) groups excluding carboxylic acids is 2. The van der Waals surface area contributed by atoms with Crippen molar-refractivity contribution >= 4 is 40.2 Å². The second kappa shape index (κ2) is 9.27. The van der Waals surface area contributed by atoms with Crippen LogP contribution in [-0.2, 0) is 4.79 Å². The highest BCUT2D eigenvalue weighted by molar-refractivity contribution is 6.04. The SMILES string of the molecule is CC(=O)Nc1ccc(N=Cc2c(OC(=O)c3ccc(C)cc3)ccc3ccccc23)cc1. The number of hydrogen-bond donors (Lipinski definition) is 1. The van der Waals surface area contributed by atoms with E-state index in [4.69, 9.17) is 4.74 Å². The first-order valence-electron chi connectivity index (χ1n) is 10.2.